The molecule has 4 fully saturated rings. The molecule has 9 nitrogen and oxygen atoms in total. The Balaban J connectivity index is 1.45. The highest BCUT2D eigenvalue weighted by Crippen LogP contribution is 2.68. The quantitative estimate of drug-likeness (QED) is 0.251. The van der Waals surface area contributed by atoms with E-state index in [2.05, 4.69) is 25.0 Å². The van der Waals surface area contributed by atoms with E-state index in [0.717, 1.165) is 64.9 Å². The molecule has 0 bridgehead atoms. The van der Waals surface area contributed by atoms with Gasteiger partial charge in [-0.3, -0.25) is 18.6 Å². The van der Waals surface area contributed by atoms with Crippen molar-refractivity contribution in [2.45, 2.75) is 111 Å². The average Bonchev–Trinajstić information content (AvgIpc) is 3.27. The van der Waals surface area contributed by atoms with E-state index in [-0.39, 0.29) is 53.2 Å². The van der Waals surface area contributed by atoms with E-state index in [1.807, 2.05) is 0 Å². The number of esters is 2. The van der Waals surface area contributed by atoms with Crippen LogP contribution in [-0.2, 0) is 38.2 Å². The van der Waals surface area contributed by atoms with Crippen LogP contribution in [0.5, 0.6) is 0 Å². The van der Waals surface area contributed by atoms with Crippen molar-refractivity contribution in [2.75, 3.05) is 26.5 Å². The summed E-state index contributed by atoms with van der Waals surface area (Å²) in [5.74, 6) is 1.79. The molecule has 0 aromatic rings. The number of carbonyl (C=O) groups excluding carboxylic acids is 3. The van der Waals surface area contributed by atoms with Gasteiger partial charge in [0.25, 0.3) is 10.1 Å². The molecule has 0 N–H and O–H groups in total. The predicted molar refractivity (Wildman–Crippen MR) is 159 cm³/mol. The van der Waals surface area contributed by atoms with E-state index in [0.29, 0.717) is 41.9 Å². The molecule has 0 aromatic carbocycles. The van der Waals surface area contributed by atoms with E-state index in [1.165, 1.54) is 18.7 Å². The summed E-state index contributed by atoms with van der Waals surface area (Å²) in [5.41, 5.74) is 0.273. The summed E-state index contributed by atoms with van der Waals surface area (Å²) in [4.78, 5) is 38.3. The number of carbonyl (C=O) groups is 3. The maximum absolute atomic E-state index is 12.8. The van der Waals surface area contributed by atoms with Crippen LogP contribution in [0.15, 0.2) is 0 Å². The van der Waals surface area contributed by atoms with Crippen molar-refractivity contribution in [2.24, 2.45) is 46.3 Å². The van der Waals surface area contributed by atoms with Gasteiger partial charge in [-0.05, 0) is 98.2 Å². The minimum atomic E-state index is -3.60. The second kappa shape index (κ2) is 12.7. The Kier molecular flexibility index (Phi) is 10.1. The molecule has 240 valence electrons. The second-order valence-corrected chi connectivity index (χ2v) is 16.2. The Morgan fingerprint density at radius 3 is 2.21 bits per heavy atom. The Hall–Kier alpha value is -1.68. The predicted octanol–water partition coefficient (Wildman–Crippen LogP) is 4.97. The molecule has 42 heavy (non-hydrogen) atoms. The molecule has 0 aromatic heterocycles. The Morgan fingerprint density at radius 2 is 1.57 bits per heavy atom. The van der Waals surface area contributed by atoms with Gasteiger partial charge in [0.05, 0.1) is 12.9 Å². The van der Waals surface area contributed by atoms with Gasteiger partial charge >= 0.3 is 11.9 Å². The lowest BCUT2D eigenvalue weighted by Gasteiger charge is -2.62. The molecular weight excluding hydrogens is 558 g/mol. The zero-order valence-electron chi connectivity index (χ0n) is 26.7. The topological polar surface area (TPSA) is 116 Å². The third-order valence-corrected chi connectivity index (χ3v) is 13.4. The lowest BCUT2D eigenvalue weighted by atomic mass is 9.43. The molecule has 0 aliphatic heterocycles. The van der Waals surface area contributed by atoms with Gasteiger partial charge in [-0.15, -0.1) is 0 Å². The second-order valence-electron chi connectivity index (χ2n) is 14.4. The first-order valence-electron chi connectivity index (χ1n) is 16.0. The van der Waals surface area contributed by atoms with Gasteiger partial charge in [0, 0.05) is 39.8 Å². The van der Waals surface area contributed by atoms with Gasteiger partial charge in [0.2, 0.25) is 5.91 Å². The highest BCUT2D eigenvalue weighted by Gasteiger charge is 2.64. The van der Waals surface area contributed by atoms with Gasteiger partial charge < -0.3 is 14.4 Å². The first kappa shape index (κ1) is 33.2. The fourth-order valence-electron chi connectivity index (χ4n) is 10.0. The number of amides is 1. The minimum Gasteiger partial charge on any atom is -0.463 e. The monoisotopic (exact) mass is 611 g/mol. The third kappa shape index (κ3) is 6.69. The Morgan fingerprint density at radius 1 is 0.929 bits per heavy atom. The Labute approximate surface area is 252 Å². The van der Waals surface area contributed by atoms with Crippen LogP contribution < -0.4 is 0 Å². The fraction of sp³-hybridized carbons (Fsp3) is 0.906. The normalized spacial score (nSPS) is 38.4. The van der Waals surface area contributed by atoms with Crippen LogP contribution in [0.25, 0.3) is 0 Å². The first-order valence-corrected chi connectivity index (χ1v) is 17.6. The highest BCUT2D eigenvalue weighted by atomic mass is 32.2. The first-order chi connectivity index (χ1) is 19.6. The summed E-state index contributed by atoms with van der Waals surface area (Å²) < 4.78 is 39.6. The van der Waals surface area contributed by atoms with Crippen molar-refractivity contribution >= 4 is 28.0 Å². The number of hydrogen-bond donors (Lipinski definition) is 0. The molecule has 10 heteroatoms. The van der Waals surface area contributed by atoms with Crippen molar-refractivity contribution in [1.82, 2.24) is 4.90 Å². The largest absolute Gasteiger partial charge is 0.463 e. The fourth-order valence-corrected chi connectivity index (χ4v) is 10.7. The van der Waals surface area contributed by atoms with Crippen molar-refractivity contribution in [3.63, 3.8) is 0 Å². The summed E-state index contributed by atoms with van der Waals surface area (Å²) >= 11 is 0. The molecule has 10 unspecified atom stereocenters. The van der Waals surface area contributed by atoms with Crippen LogP contribution in [0.4, 0.5) is 0 Å². The smallest absolute Gasteiger partial charge is 0.302 e. The zero-order chi connectivity index (χ0) is 31.0. The molecule has 4 rings (SSSR count). The van der Waals surface area contributed by atoms with E-state index in [1.54, 1.807) is 7.05 Å². The van der Waals surface area contributed by atoms with Crippen LogP contribution in [0.2, 0.25) is 0 Å². The number of nitrogens with zero attached hydrogens (tertiary/aromatic N) is 1. The maximum Gasteiger partial charge on any atom is 0.302 e. The molecule has 0 spiro atoms. The van der Waals surface area contributed by atoms with Crippen LogP contribution >= 0.6 is 0 Å². The lowest BCUT2D eigenvalue weighted by molar-refractivity contribution is -0.197. The van der Waals surface area contributed by atoms with Crippen molar-refractivity contribution in [3.05, 3.63) is 0 Å². The van der Waals surface area contributed by atoms with Crippen molar-refractivity contribution in [3.8, 4) is 0 Å². The number of ether oxygens (including phenoxy) is 2. The average molecular weight is 612 g/mol. The highest BCUT2D eigenvalue weighted by molar-refractivity contribution is 7.86. The molecule has 1 amide bonds. The molecule has 0 radical (unpaired) electrons. The summed E-state index contributed by atoms with van der Waals surface area (Å²) in [7, 11) is -0.812. The van der Waals surface area contributed by atoms with Gasteiger partial charge in [0.15, 0.2) is 0 Å². The third-order valence-electron chi connectivity index (χ3n) is 12.2. The summed E-state index contributed by atoms with van der Waals surface area (Å²) in [6.45, 7) is 10.3. The summed E-state index contributed by atoms with van der Waals surface area (Å²) in [5, 5.41) is 0. The van der Waals surface area contributed by atoms with Gasteiger partial charge in [0.1, 0.15) is 12.2 Å². The van der Waals surface area contributed by atoms with Gasteiger partial charge in [-0.2, -0.15) is 8.42 Å². The molecule has 4 saturated carbocycles. The van der Waals surface area contributed by atoms with Crippen LogP contribution in [0.1, 0.15) is 98.8 Å². The molecule has 0 heterocycles. The Bertz CT molecular complexity index is 1130. The molecule has 4 aliphatic carbocycles. The summed E-state index contributed by atoms with van der Waals surface area (Å²) in [6.07, 6.45) is 9.10. The van der Waals surface area contributed by atoms with Gasteiger partial charge in [-0.1, -0.05) is 20.8 Å². The van der Waals surface area contributed by atoms with E-state index in [9.17, 15) is 22.8 Å². The molecule has 10 atom stereocenters. The lowest BCUT2D eigenvalue weighted by Crippen LogP contribution is -2.59. The standard InChI is InChI=1S/C32H53NO8S/c1-20(8-11-29(36)33(6)16-17-42(37,38)39-7)25-9-10-26-30-27(13-15-32(25,26)5)31(4)14-12-24(40-21(2)34)18-23(31)19-28(30)41-22(3)35/h20,23-28,30H,8-19H2,1-7H3. The van der Waals surface area contributed by atoms with Gasteiger partial charge in [-0.25, -0.2) is 0 Å². The zero-order valence-corrected chi connectivity index (χ0v) is 27.5. The van der Waals surface area contributed by atoms with E-state index < -0.39 is 10.1 Å². The number of rotatable bonds is 10. The van der Waals surface area contributed by atoms with Crippen molar-refractivity contribution in [1.29, 1.82) is 0 Å². The van der Waals surface area contributed by atoms with Crippen LogP contribution in [-0.4, -0.2) is 69.8 Å². The minimum absolute atomic E-state index is 0.0397. The van der Waals surface area contributed by atoms with E-state index in [4.69, 9.17) is 9.47 Å². The number of hydrogen-bond acceptors (Lipinski definition) is 8. The molecule has 4 aliphatic rings. The molecular formula is C32H53NO8S. The van der Waals surface area contributed by atoms with Crippen molar-refractivity contribution < 1.29 is 36.5 Å². The SMILES string of the molecule is COS(=O)(=O)CCN(C)C(=O)CCC(C)C1CCC2C3C(OC(C)=O)CC4CC(OC(C)=O)CCC4(C)C3CCC12C. The number of fused-ring (bicyclic) bond motifs is 5. The van der Waals surface area contributed by atoms with E-state index >= 15 is 0 Å². The molecule has 0 saturated heterocycles. The maximum atomic E-state index is 12.8. The van der Waals surface area contributed by atoms with Crippen LogP contribution in [0, 0.1) is 46.3 Å². The van der Waals surface area contributed by atoms with Crippen LogP contribution in [0.3, 0.4) is 0 Å². The summed E-state index contributed by atoms with van der Waals surface area (Å²) in [6, 6.07) is 0.